The van der Waals surface area contributed by atoms with Gasteiger partial charge in [0.1, 0.15) is 11.2 Å². The maximum Gasteiger partial charge on any atom is 0.252 e. The van der Waals surface area contributed by atoms with Gasteiger partial charge in [-0.1, -0.05) is 230 Å². The van der Waals surface area contributed by atoms with Gasteiger partial charge in [0.25, 0.3) is 6.71 Å². The molecule has 0 aliphatic carbocycles. The van der Waals surface area contributed by atoms with Crippen LogP contribution in [0.25, 0.3) is 143 Å². The monoisotopic (exact) mass is 1270 g/mol. The number of hydrogen-bond donors (Lipinski definition) is 0. The second kappa shape index (κ2) is 20.8. The molecule has 2 aliphatic heterocycles. The Morgan fingerprint density at radius 2 is 0.629 bits per heavy atom. The van der Waals surface area contributed by atoms with Gasteiger partial charge in [-0.25, -0.2) is 0 Å². The van der Waals surface area contributed by atoms with Crippen molar-refractivity contribution in [3.63, 3.8) is 0 Å². The third-order valence-electron chi connectivity index (χ3n) is 18.0. The molecule has 0 N–H and O–H groups in total. The summed E-state index contributed by atoms with van der Waals surface area (Å²) in [6, 6.07) is 4.76. The van der Waals surface area contributed by atoms with Gasteiger partial charge in [0.15, 0.2) is 11.2 Å². The van der Waals surface area contributed by atoms with E-state index >= 15 is 0 Å². The van der Waals surface area contributed by atoms with E-state index in [1.807, 2.05) is 12.1 Å². The van der Waals surface area contributed by atoms with E-state index in [0.717, 1.165) is 9.13 Å². The van der Waals surface area contributed by atoms with E-state index in [9.17, 15) is 38.4 Å². The highest BCUT2D eigenvalue weighted by molar-refractivity contribution is 7.00. The molecule has 0 amide bonds. The lowest BCUT2D eigenvalue weighted by Crippen LogP contribution is -2.61. The zero-order valence-electron chi connectivity index (χ0n) is 83.8. The fourth-order valence-electron chi connectivity index (χ4n) is 13.9. The van der Waals surface area contributed by atoms with Gasteiger partial charge in [-0.05, 0) is 164 Å². The molecule has 2 aliphatic rings. The van der Waals surface area contributed by atoms with Crippen molar-refractivity contribution in [3.05, 3.63) is 333 Å². The molecule has 21 rings (SSSR count). The molecule has 0 fully saturated rings. The number of furan rings is 2. The van der Waals surface area contributed by atoms with Crippen LogP contribution >= 0.6 is 0 Å². The number of anilines is 6. The summed E-state index contributed by atoms with van der Waals surface area (Å²) in [7, 11) is 0. The number of aromatic nitrogens is 2. The van der Waals surface area contributed by atoms with Gasteiger partial charge in [-0.3, -0.25) is 0 Å². The average molecular weight is 1270 g/mol. The molecule has 15 aromatic carbocycles. The van der Waals surface area contributed by atoms with Gasteiger partial charge in [0, 0.05) is 77.2 Å². The molecule has 0 radical (unpaired) electrons. The van der Waals surface area contributed by atoms with Crippen LogP contribution in [0, 0.1) is 0 Å². The zero-order chi connectivity index (χ0) is 93.0. The maximum absolute atomic E-state index is 11.6. The average Bonchev–Trinajstić information content (AvgIpc) is 1.65. The molecule has 7 heteroatoms. The third-order valence-corrected chi connectivity index (χ3v) is 18.0. The van der Waals surface area contributed by atoms with Crippen LogP contribution in [-0.2, 0) is 0 Å². The summed E-state index contributed by atoms with van der Waals surface area (Å²) < 4.78 is 353. The number of para-hydroxylation sites is 6. The first-order valence-electron chi connectivity index (χ1n) is 47.6. The highest BCUT2D eigenvalue weighted by atomic mass is 16.3. The van der Waals surface area contributed by atoms with Gasteiger partial charge in [-0.15, -0.1) is 0 Å². The van der Waals surface area contributed by atoms with Crippen molar-refractivity contribution in [2.75, 3.05) is 9.80 Å². The Bertz CT molecular complexity index is 8010. The summed E-state index contributed by atoms with van der Waals surface area (Å²) in [6.45, 7) is -2.14. The first-order chi connectivity index (χ1) is 62.3. The maximum atomic E-state index is 11.6. The lowest BCUT2D eigenvalue weighted by molar-refractivity contribution is 0.669. The lowest BCUT2D eigenvalue weighted by atomic mass is 9.33. The van der Waals surface area contributed by atoms with Crippen molar-refractivity contribution in [1.82, 2.24) is 9.13 Å². The molecule has 0 saturated carbocycles. The van der Waals surface area contributed by atoms with E-state index in [1.54, 1.807) is 78.9 Å². The number of nitrogens with zero attached hydrogens (tertiary/aromatic N) is 4. The van der Waals surface area contributed by atoms with Crippen molar-refractivity contribution < 1.29 is 55.4 Å². The number of hydrogen-bond acceptors (Lipinski definition) is 4. The summed E-state index contributed by atoms with van der Waals surface area (Å²) in [5.41, 5.74) is -10.6. The topological polar surface area (TPSA) is 42.6 Å². The molecule has 6 heterocycles. The van der Waals surface area contributed by atoms with Crippen LogP contribution in [0.1, 0.15) is 46.6 Å². The smallest absolute Gasteiger partial charge is 0.252 e. The van der Waals surface area contributed by atoms with Crippen molar-refractivity contribution >= 4 is 145 Å². The fraction of sp³-hybridized carbons (Fsp3) is 0. The van der Waals surface area contributed by atoms with Crippen LogP contribution in [0.5, 0.6) is 0 Å². The Kier molecular flexibility index (Phi) is 6.55. The number of fused-ring (bicyclic) bond motifs is 16. The largest absolute Gasteiger partial charge is 0.454 e. The van der Waals surface area contributed by atoms with Gasteiger partial charge < -0.3 is 27.8 Å². The molecule has 0 atom stereocenters. The zero-order valence-corrected chi connectivity index (χ0v) is 49.8. The molecule has 6 nitrogen and oxygen atoms in total. The Morgan fingerprint density at radius 1 is 0.268 bits per heavy atom. The molecule has 0 spiro atoms. The van der Waals surface area contributed by atoms with Crippen LogP contribution in [0.2, 0.25) is 0 Å². The van der Waals surface area contributed by atoms with Crippen molar-refractivity contribution in [2.45, 2.75) is 0 Å². The quantitative estimate of drug-likeness (QED) is 0.142. The van der Waals surface area contributed by atoms with Crippen LogP contribution in [0.15, 0.2) is 342 Å². The Labute approximate surface area is 606 Å². The minimum atomic E-state index is -2.14. The second-order valence-corrected chi connectivity index (χ2v) is 23.2. The second-order valence-electron chi connectivity index (χ2n) is 23.2. The molecule has 4 aromatic heterocycles. The highest BCUT2D eigenvalue weighted by Crippen LogP contribution is 2.53. The molecule has 19 aromatic rings. The lowest BCUT2D eigenvalue weighted by Gasteiger charge is -2.44. The van der Waals surface area contributed by atoms with Crippen molar-refractivity contribution in [2.24, 2.45) is 0 Å². The first kappa shape index (κ1) is 30.5. The summed E-state index contributed by atoms with van der Waals surface area (Å²) in [5, 5.41) is -3.85. The highest BCUT2D eigenvalue weighted by Gasteiger charge is 2.45. The minimum Gasteiger partial charge on any atom is -0.454 e. The molecular formula is C90H55BN4O2. The fourth-order valence-corrected chi connectivity index (χ4v) is 13.9. The van der Waals surface area contributed by atoms with E-state index in [0.29, 0.717) is 11.1 Å². The molecule has 0 bridgehead atoms. The SMILES string of the molecule is [2H]c1c([2H])c(-n2c3c([2H])c([2H])c([2H])c([2H])c3c3c([2H])c([2H])c([2H])c([2H])c32)c([2H])c2c1B1c3c(cc(-c4cccc(-c5ccccc5)c4)cc3N(c3c([2H])c(-c4ccccc4)c([2H])c4c3oc3c([2H])c([2H])c([2H])c([2H])c34)c3c([2H])c(-n4c5c([2H])c([2H])c([2H])c([2H])c5c5c([2H])c([2H])c([2H])c([2H])c54)c([2H])c([2H])c31)N2c1c([2H])c(-c2ccccc2)c([2H])c2c1oc1c([2H])c([2H])c([2H])c([2H])c12. The van der Waals surface area contributed by atoms with Crippen molar-refractivity contribution in [3.8, 4) is 55.9 Å². The van der Waals surface area contributed by atoms with E-state index in [4.69, 9.17) is 17.1 Å². The van der Waals surface area contributed by atoms with Crippen molar-refractivity contribution in [1.29, 1.82) is 0 Å². The predicted octanol–water partition coefficient (Wildman–Crippen LogP) is 22.4. The summed E-state index contributed by atoms with van der Waals surface area (Å²) in [6.07, 6.45) is 0. The molecule has 97 heavy (non-hydrogen) atoms. The predicted molar refractivity (Wildman–Crippen MR) is 405 cm³/mol. The van der Waals surface area contributed by atoms with Gasteiger partial charge in [0.05, 0.1) is 80.0 Å². The van der Waals surface area contributed by atoms with Gasteiger partial charge in [0.2, 0.25) is 0 Å². The van der Waals surface area contributed by atoms with E-state index in [-0.39, 0.29) is 50.2 Å². The van der Waals surface area contributed by atoms with E-state index in [1.165, 1.54) is 46.2 Å². The normalized spacial score (nSPS) is 17.6. The molecule has 450 valence electrons. The summed E-state index contributed by atoms with van der Waals surface area (Å²) in [5.74, 6) is 0. The van der Waals surface area contributed by atoms with Crippen LogP contribution in [-0.4, -0.2) is 15.8 Å². The van der Waals surface area contributed by atoms with Gasteiger partial charge >= 0.3 is 0 Å². The standard InChI is InChI=1S/C90H55BN4O2/c1-4-23-56(24-5-1)59-29-22-30-60(47-59)63-50-82-88-83(51-63)95(85-53-62(58-27-8-3-9-28-58)49-73-71-36-15-21-42-87(71)97-90(73)85)81-55-65(93-78-39-18-12-33-68(78)69-34-13-19-40-79(69)93)44-46-75(81)91(88)74-45-43-64(92-76-37-16-10-31-66(76)67-32-11-17-38-77(67)92)54-80(74)94(82)84-52-61(57-25-6-2-7-26-57)48-72-70-35-14-20-41-86(70)96-89(72)84/h1-55H/i10D,11D,12D,13D,14D,15D,16D,17D,18D,19D,20D,21D,31D,32D,33D,34D,35D,36D,37D,38D,39D,40D,41D,42D,43D,44D,45D,46D,48D,49D,52D,53D,54D,55D. The Balaban J connectivity index is 1.06. The summed E-state index contributed by atoms with van der Waals surface area (Å²) in [4.78, 5) is 2.36. The Hall–Kier alpha value is -12.8. The summed E-state index contributed by atoms with van der Waals surface area (Å²) >= 11 is 0. The molecule has 0 unspecified atom stereocenters. The van der Waals surface area contributed by atoms with Crippen LogP contribution in [0.4, 0.5) is 34.1 Å². The molecule has 0 saturated heterocycles. The number of benzene rings is 15. The van der Waals surface area contributed by atoms with E-state index in [2.05, 4.69) is 0 Å². The number of rotatable bonds is 8. The van der Waals surface area contributed by atoms with Crippen LogP contribution < -0.4 is 26.2 Å². The van der Waals surface area contributed by atoms with Crippen LogP contribution in [0.3, 0.4) is 0 Å². The van der Waals surface area contributed by atoms with Gasteiger partial charge in [-0.2, -0.15) is 0 Å². The third kappa shape index (κ3) is 8.03. The van der Waals surface area contributed by atoms with E-state index < -0.39 is 345 Å². The Morgan fingerprint density at radius 3 is 1.05 bits per heavy atom. The first-order valence-corrected chi connectivity index (χ1v) is 30.6. The molecular weight excluding hydrogens is 1180 g/mol. The minimum absolute atomic E-state index is 0.0469.